The van der Waals surface area contributed by atoms with Crippen molar-refractivity contribution >= 4 is 30.2 Å². The van der Waals surface area contributed by atoms with Crippen LogP contribution < -0.4 is 0 Å². The Morgan fingerprint density at radius 2 is 2.17 bits per heavy atom. The summed E-state index contributed by atoms with van der Waals surface area (Å²) in [4.78, 5) is 13.3. The number of nitrogens with zero attached hydrogens (tertiary/aromatic N) is 4. The van der Waals surface area contributed by atoms with Crippen molar-refractivity contribution in [2.75, 3.05) is 33.5 Å². The van der Waals surface area contributed by atoms with Gasteiger partial charge in [-0.3, -0.25) is 9.89 Å². The van der Waals surface area contributed by atoms with Gasteiger partial charge in [0.1, 0.15) is 12.4 Å². The van der Waals surface area contributed by atoms with Crippen molar-refractivity contribution < 1.29 is 27.0 Å². The van der Waals surface area contributed by atoms with Crippen molar-refractivity contribution in [3.63, 3.8) is 0 Å². The number of halogens is 5. The lowest BCUT2D eigenvalue weighted by molar-refractivity contribution is -0.164. The van der Waals surface area contributed by atoms with Gasteiger partial charge in [0.2, 0.25) is 5.88 Å². The van der Waals surface area contributed by atoms with E-state index in [4.69, 9.17) is 16.3 Å². The van der Waals surface area contributed by atoms with E-state index < -0.39 is 29.6 Å². The monoisotopic (exact) mass is 452 g/mol. The van der Waals surface area contributed by atoms with Gasteiger partial charge in [-0.1, -0.05) is 24.9 Å². The molecule has 11 heteroatoms. The van der Waals surface area contributed by atoms with Crippen LogP contribution in [0.3, 0.4) is 0 Å². The summed E-state index contributed by atoms with van der Waals surface area (Å²) in [6.45, 7) is 4.81. The number of likely N-dealkylation sites (N-methyl/N-ethyl adjacent to an activating group) is 1. The molecule has 1 unspecified atom stereocenters. The summed E-state index contributed by atoms with van der Waals surface area (Å²) in [5.74, 6) is -1.55. The Bertz CT molecular complexity index is 764. The summed E-state index contributed by atoms with van der Waals surface area (Å²) in [5, 5.41) is -0.477. The summed E-state index contributed by atoms with van der Waals surface area (Å²) in [5.41, 5.74) is -0.637. The van der Waals surface area contributed by atoms with Crippen LogP contribution in [0, 0.1) is 0 Å². The molecule has 2 heterocycles. The first-order valence-corrected chi connectivity index (χ1v) is 9.85. The van der Waals surface area contributed by atoms with Crippen LogP contribution in [0.25, 0.3) is 0 Å². The molecule has 0 saturated carbocycles. The third-order valence-electron chi connectivity index (χ3n) is 5.04. The molecule has 0 aliphatic carbocycles. The predicted molar refractivity (Wildman–Crippen MR) is 109 cm³/mol. The summed E-state index contributed by atoms with van der Waals surface area (Å²) in [6.07, 6.45) is 0.429. The van der Waals surface area contributed by atoms with Gasteiger partial charge in [0, 0.05) is 11.8 Å². The minimum atomic E-state index is -4.60. The lowest BCUT2D eigenvalue weighted by Crippen LogP contribution is -2.45. The van der Waals surface area contributed by atoms with Gasteiger partial charge in [-0.15, -0.1) is 0 Å². The summed E-state index contributed by atoms with van der Waals surface area (Å²) < 4.78 is 62.3. The molecule has 0 aromatic heterocycles. The van der Waals surface area contributed by atoms with Gasteiger partial charge in [0.15, 0.2) is 17.6 Å². The van der Waals surface area contributed by atoms with Crippen molar-refractivity contribution in [1.29, 1.82) is 0 Å². The molecule has 0 spiro atoms. The Morgan fingerprint density at radius 3 is 2.73 bits per heavy atom. The second-order valence-corrected chi connectivity index (χ2v) is 7.49. The first-order chi connectivity index (χ1) is 14.1. The highest BCUT2D eigenvalue weighted by Gasteiger charge is 2.38. The van der Waals surface area contributed by atoms with Crippen molar-refractivity contribution in [2.45, 2.75) is 44.3 Å². The number of allylic oxidation sites excluding steroid dienone is 2. The molecular formula is C19H25ClF4N4O2. The maximum atomic E-state index is 14.5. The molecule has 1 fully saturated rings. The van der Waals surface area contributed by atoms with Crippen LogP contribution >= 0.6 is 11.6 Å². The van der Waals surface area contributed by atoms with Crippen molar-refractivity contribution in [3.8, 4) is 0 Å². The Labute approximate surface area is 178 Å². The molecule has 0 radical (unpaired) electrons. The Morgan fingerprint density at radius 1 is 1.43 bits per heavy atom. The van der Waals surface area contributed by atoms with E-state index in [0.29, 0.717) is 6.61 Å². The van der Waals surface area contributed by atoms with E-state index in [1.54, 1.807) is 0 Å². The van der Waals surface area contributed by atoms with Gasteiger partial charge < -0.3 is 9.47 Å². The van der Waals surface area contributed by atoms with E-state index in [2.05, 4.69) is 38.3 Å². The van der Waals surface area contributed by atoms with Crippen molar-refractivity contribution in [3.05, 3.63) is 22.4 Å². The first kappa shape index (κ1) is 24.5. The molecule has 1 atom stereocenters. The number of aliphatic imine (C=N–C) groups is 3. The predicted octanol–water partition coefficient (Wildman–Crippen LogP) is 4.62. The maximum Gasteiger partial charge on any atom is 0.422 e. The van der Waals surface area contributed by atoms with Gasteiger partial charge in [0.25, 0.3) is 0 Å². The van der Waals surface area contributed by atoms with Crippen LogP contribution in [0.2, 0.25) is 0 Å². The van der Waals surface area contributed by atoms with Gasteiger partial charge in [-0.05, 0) is 39.6 Å². The van der Waals surface area contributed by atoms with Crippen LogP contribution in [0.1, 0.15) is 32.6 Å². The SMILES string of the molecule is C=N/C(OCC(F)(F)F)=C1/C=NC(Cl)=C(F)/C1=N/COCC1(CCC)CCCN1C. The first-order valence-electron chi connectivity index (χ1n) is 9.47. The maximum absolute atomic E-state index is 14.5. The van der Waals surface area contributed by atoms with E-state index >= 15 is 0 Å². The molecule has 2 aliphatic heterocycles. The zero-order valence-corrected chi connectivity index (χ0v) is 17.7. The van der Waals surface area contributed by atoms with E-state index in [0.717, 1.165) is 38.4 Å². The number of ether oxygens (including phenoxy) is 2. The Kier molecular flexibility index (Phi) is 8.57. The number of likely N-dealkylation sites (tertiary alicyclic amines) is 1. The largest absolute Gasteiger partial charge is 0.467 e. The highest BCUT2D eigenvalue weighted by Crippen LogP contribution is 2.32. The van der Waals surface area contributed by atoms with Gasteiger partial charge in [0.05, 0.1) is 12.2 Å². The molecule has 2 rings (SSSR count). The Balaban J connectivity index is 2.18. The summed E-state index contributed by atoms with van der Waals surface area (Å²) >= 11 is 5.71. The normalized spacial score (nSPS) is 25.9. The van der Waals surface area contributed by atoms with Crippen molar-refractivity contribution in [1.82, 2.24) is 4.90 Å². The minimum absolute atomic E-state index is 0.0999. The van der Waals surface area contributed by atoms with Crippen LogP contribution in [-0.2, 0) is 9.47 Å². The van der Waals surface area contributed by atoms with Crippen LogP contribution in [0.15, 0.2) is 37.4 Å². The summed E-state index contributed by atoms with van der Waals surface area (Å²) in [6, 6.07) is 0. The zero-order chi connectivity index (χ0) is 22.4. The molecular weight excluding hydrogens is 428 g/mol. The third kappa shape index (κ3) is 6.12. The van der Waals surface area contributed by atoms with E-state index in [9.17, 15) is 17.6 Å². The van der Waals surface area contributed by atoms with Crippen LogP contribution in [0.5, 0.6) is 0 Å². The smallest absolute Gasteiger partial charge is 0.422 e. The average Bonchev–Trinajstić information content (AvgIpc) is 3.03. The number of hydrogen-bond donors (Lipinski definition) is 0. The second kappa shape index (κ2) is 10.5. The molecule has 0 aromatic rings. The highest BCUT2D eigenvalue weighted by atomic mass is 35.5. The lowest BCUT2D eigenvalue weighted by Gasteiger charge is -2.35. The van der Waals surface area contributed by atoms with E-state index in [1.165, 1.54) is 0 Å². The Hall–Kier alpha value is -1.78. The molecule has 168 valence electrons. The molecule has 1 saturated heterocycles. The molecule has 0 bridgehead atoms. The summed E-state index contributed by atoms with van der Waals surface area (Å²) in [7, 11) is 2.04. The number of hydrogen-bond acceptors (Lipinski definition) is 6. The quantitative estimate of drug-likeness (QED) is 0.169. The van der Waals surface area contributed by atoms with Gasteiger partial charge in [-0.25, -0.2) is 14.4 Å². The third-order valence-corrected chi connectivity index (χ3v) is 5.31. The van der Waals surface area contributed by atoms with Crippen LogP contribution in [0.4, 0.5) is 17.6 Å². The van der Waals surface area contributed by atoms with E-state index in [-0.39, 0.29) is 23.6 Å². The molecule has 30 heavy (non-hydrogen) atoms. The molecule has 0 aromatic carbocycles. The highest BCUT2D eigenvalue weighted by molar-refractivity contribution is 6.37. The molecule has 2 aliphatic rings. The van der Waals surface area contributed by atoms with Crippen molar-refractivity contribution in [2.24, 2.45) is 15.0 Å². The lowest BCUT2D eigenvalue weighted by atomic mass is 9.92. The van der Waals surface area contributed by atoms with Gasteiger partial charge >= 0.3 is 6.18 Å². The molecule has 0 amide bonds. The average molecular weight is 453 g/mol. The standard InChI is InChI=1S/C19H25ClF4N4O2/c1-4-6-18(7-5-8-28(18)3)10-29-12-27-15-13(9-26-16(20)14(15)21)17(25-2)30-11-19(22,23)24/h9H,2,4-8,10-12H2,1,3H3/b17-13+,27-15+. The van der Waals surface area contributed by atoms with Gasteiger partial charge in [-0.2, -0.15) is 13.2 Å². The number of alkyl halides is 3. The fraction of sp³-hybridized carbons (Fsp3) is 0.632. The molecule has 6 nitrogen and oxygen atoms in total. The molecule has 0 N–H and O–H groups in total. The topological polar surface area (TPSA) is 58.8 Å². The van der Waals surface area contributed by atoms with Crippen LogP contribution in [-0.4, -0.2) is 68.8 Å². The second-order valence-electron chi connectivity index (χ2n) is 7.13. The fourth-order valence-electron chi connectivity index (χ4n) is 3.58. The minimum Gasteiger partial charge on any atom is -0.467 e. The van der Waals surface area contributed by atoms with E-state index in [1.807, 2.05) is 7.05 Å². The number of rotatable bonds is 9. The fourth-order valence-corrected chi connectivity index (χ4v) is 3.72. The zero-order valence-electron chi connectivity index (χ0n) is 16.9.